The van der Waals surface area contributed by atoms with E-state index in [1.54, 1.807) is 57.6 Å². The molecule has 3 heterocycles. The first kappa shape index (κ1) is 22.6. The van der Waals surface area contributed by atoms with E-state index >= 15 is 0 Å². The van der Waals surface area contributed by atoms with Crippen LogP contribution >= 0.6 is 11.3 Å². The van der Waals surface area contributed by atoms with Crippen molar-refractivity contribution < 1.29 is 23.4 Å². The smallest absolute Gasteiger partial charge is 0.338 e. The Balaban J connectivity index is 2.03. The van der Waals surface area contributed by atoms with Crippen molar-refractivity contribution in [1.82, 2.24) is 4.57 Å². The molecule has 1 aliphatic heterocycles. The van der Waals surface area contributed by atoms with Gasteiger partial charge in [-0.05, 0) is 39.0 Å². The summed E-state index contributed by atoms with van der Waals surface area (Å²) in [4.78, 5) is 31.7. The molecule has 0 saturated heterocycles. The number of allylic oxidation sites excluding steroid dienone is 1. The van der Waals surface area contributed by atoms with E-state index in [-0.39, 0.29) is 17.7 Å². The van der Waals surface area contributed by atoms with Gasteiger partial charge in [0.25, 0.3) is 5.56 Å². The second-order valence-electron chi connectivity index (χ2n) is 7.13. The lowest BCUT2D eigenvalue weighted by molar-refractivity contribution is -0.139. The van der Waals surface area contributed by atoms with Crippen molar-refractivity contribution in [3.8, 4) is 11.5 Å². The first-order valence-electron chi connectivity index (χ1n) is 10.5. The molecule has 172 valence electrons. The van der Waals surface area contributed by atoms with Crippen molar-refractivity contribution >= 4 is 23.4 Å². The van der Waals surface area contributed by atoms with Crippen LogP contribution in [0.15, 0.2) is 62.1 Å². The molecule has 0 bridgehead atoms. The molecule has 9 heteroatoms. The molecule has 2 aromatic heterocycles. The summed E-state index contributed by atoms with van der Waals surface area (Å²) in [6.07, 6.45) is 3.21. The predicted molar refractivity (Wildman–Crippen MR) is 123 cm³/mol. The van der Waals surface area contributed by atoms with Gasteiger partial charge < -0.3 is 18.6 Å². The fourth-order valence-electron chi connectivity index (χ4n) is 3.80. The van der Waals surface area contributed by atoms with Gasteiger partial charge >= 0.3 is 5.97 Å². The van der Waals surface area contributed by atoms with E-state index in [9.17, 15) is 9.59 Å². The summed E-state index contributed by atoms with van der Waals surface area (Å²) >= 11 is 1.23. The maximum Gasteiger partial charge on any atom is 0.338 e. The fraction of sp³-hybridized carbons (Fsp3) is 0.292. The van der Waals surface area contributed by atoms with Crippen molar-refractivity contribution in [2.75, 3.05) is 20.3 Å². The van der Waals surface area contributed by atoms with E-state index in [4.69, 9.17) is 18.6 Å². The lowest BCUT2D eigenvalue weighted by atomic mass is 9.94. The maximum absolute atomic E-state index is 13.6. The SMILES string of the molecule is CCOC(=O)C1=C(C)N=c2s/c(=C/c3ccco3)c(=O)n2[C@H]1c1cccc(OC)c1OCC. The first-order valence-corrected chi connectivity index (χ1v) is 11.3. The zero-order valence-corrected chi connectivity index (χ0v) is 19.6. The zero-order chi connectivity index (χ0) is 23.5. The molecule has 1 aromatic carbocycles. The van der Waals surface area contributed by atoms with Gasteiger partial charge in [0, 0.05) is 11.6 Å². The summed E-state index contributed by atoms with van der Waals surface area (Å²) in [5, 5.41) is 0. The number of hydrogen-bond acceptors (Lipinski definition) is 8. The highest BCUT2D eigenvalue weighted by Gasteiger charge is 2.35. The number of rotatable bonds is 7. The molecule has 0 saturated carbocycles. The molecule has 8 nitrogen and oxygen atoms in total. The number of carbonyl (C=O) groups is 1. The average molecular weight is 469 g/mol. The van der Waals surface area contributed by atoms with Gasteiger partial charge in [-0.25, -0.2) is 9.79 Å². The van der Waals surface area contributed by atoms with Crippen LogP contribution < -0.4 is 24.4 Å². The number of methoxy groups -OCH3 is 1. The van der Waals surface area contributed by atoms with Gasteiger partial charge in [-0.2, -0.15) is 0 Å². The van der Waals surface area contributed by atoms with E-state index in [1.165, 1.54) is 15.9 Å². The van der Waals surface area contributed by atoms with Crippen LogP contribution in [0.4, 0.5) is 0 Å². The highest BCUT2D eigenvalue weighted by molar-refractivity contribution is 7.07. The van der Waals surface area contributed by atoms with Crippen molar-refractivity contribution in [3.05, 3.63) is 78.9 Å². The molecule has 4 rings (SSSR count). The van der Waals surface area contributed by atoms with Gasteiger partial charge in [0.15, 0.2) is 16.3 Å². The molecule has 0 amide bonds. The summed E-state index contributed by atoms with van der Waals surface area (Å²) < 4.78 is 24.1. The van der Waals surface area contributed by atoms with Crippen LogP contribution in [0.3, 0.4) is 0 Å². The van der Waals surface area contributed by atoms with Gasteiger partial charge in [0.05, 0.1) is 42.4 Å². The van der Waals surface area contributed by atoms with Crippen LogP contribution in [0, 0.1) is 0 Å². The van der Waals surface area contributed by atoms with Crippen LogP contribution in [0.25, 0.3) is 6.08 Å². The molecular weight excluding hydrogens is 444 g/mol. The molecule has 1 aliphatic rings. The minimum atomic E-state index is -0.796. The molecule has 0 aliphatic carbocycles. The van der Waals surface area contributed by atoms with Gasteiger partial charge in [0.1, 0.15) is 11.8 Å². The molecule has 1 atom stereocenters. The number of hydrogen-bond donors (Lipinski definition) is 0. The van der Waals surface area contributed by atoms with Gasteiger partial charge in [-0.3, -0.25) is 9.36 Å². The predicted octanol–water partition coefficient (Wildman–Crippen LogP) is 2.80. The quantitative estimate of drug-likeness (QED) is 0.495. The van der Waals surface area contributed by atoms with E-state index in [0.29, 0.717) is 44.5 Å². The van der Waals surface area contributed by atoms with Crippen LogP contribution in [0.1, 0.15) is 38.1 Å². The van der Waals surface area contributed by atoms with Gasteiger partial charge in [-0.1, -0.05) is 23.5 Å². The number of furan rings is 1. The number of fused-ring (bicyclic) bond motifs is 1. The first-order chi connectivity index (χ1) is 16.0. The summed E-state index contributed by atoms with van der Waals surface area (Å²) in [6, 6.07) is 8.11. The number of carbonyl (C=O) groups excluding carboxylic acids is 1. The number of nitrogens with zero attached hydrogens (tertiary/aromatic N) is 2. The summed E-state index contributed by atoms with van der Waals surface area (Å²) in [5.74, 6) is 0.985. The van der Waals surface area contributed by atoms with Crippen LogP contribution in [-0.2, 0) is 9.53 Å². The van der Waals surface area contributed by atoms with Gasteiger partial charge in [0.2, 0.25) is 0 Å². The number of benzene rings is 1. The molecule has 0 unspecified atom stereocenters. The zero-order valence-electron chi connectivity index (χ0n) is 18.8. The Morgan fingerprint density at radius 3 is 2.73 bits per heavy atom. The van der Waals surface area contributed by atoms with Crippen molar-refractivity contribution in [2.45, 2.75) is 26.8 Å². The Morgan fingerprint density at radius 2 is 2.06 bits per heavy atom. The van der Waals surface area contributed by atoms with E-state index in [0.717, 1.165) is 0 Å². The normalized spacial score (nSPS) is 15.8. The van der Waals surface area contributed by atoms with E-state index in [1.807, 2.05) is 13.0 Å². The lowest BCUT2D eigenvalue weighted by Crippen LogP contribution is -2.40. The third-order valence-corrected chi connectivity index (χ3v) is 6.13. The second kappa shape index (κ2) is 9.50. The summed E-state index contributed by atoms with van der Waals surface area (Å²) in [6.45, 7) is 5.91. The Hall–Kier alpha value is -3.59. The maximum atomic E-state index is 13.6. The standard InChI is InChI=1S/C24H24N2O6S/c1-5-30-21-16(10-7-11-17(21)29-4)20-19(23(28)31-6-2)14(3)25-24-26(20)22(27)18(33-24)13-15-9-8-12-32-15/h7-13,20H,5-6H2,1-4H3/b18-13+/t20-/m0/s1. The number of thiazole rings is 1. The molecular formula is C24H24N2O6S. The Morgan fingerprint density at radius 1 is 1.24 bits per heavy atom. The minimum Gasteiger partial charge on any atom is -0.493 e. The van der Waals surface area contributed by atoms with Crippen LogP contribution in [0.5, 0.6) is 11.5 Å². The number of esters is 1. The average Bonchev–Trinajstić information content (AvgIpc) is 3.41. The van der Waals surface area contributed by atoms with E-state index in [2.05, 4.69) is 4.99 Å². The highest BCUT2D eigenvalue weighted by atomic mass is 32.1. The van der Waals surface area contributed by atoms with Crippen molar-refractivity contribution in [2.24, 2.45) is 4.99 Å². The molecule has 0 N–H and O–H groups in total. The number of para-hydroxylation sites is 1. The monoisotopic (exact) mass is 468 g/mol. The lowest BCUT2D eigenvalue weighted by Gasteiger charge is -2.26. The fourth-order valence-corrected chi connectivity index (χ4v) is 4.82. The van der Waals surface area contributed by atoms with Crippen LogP contribution in [0.2, 0.25) is 0 Å². The molecule has 3 aromatic rings. The van der Waals surface area contributed by atoms with Crippen molar-refractivity contribution in [1.29, 1.82) is 0 Å². The Bertz CT molecular complexity index is 1380. The van der Waals surface area contributed by atoms with E-state index < -0.39 is 12.0 Å². The third-order valence-electron chi connectivity index (χ3n) is 5.15. The summed E-state index contributed by atoms with van der Waals surface area (Å²) in [5.41, 5.74) is 1.08. The van der Waals surface area contributed by atoms with Crippen LogP contribution in [-0.4, -0.2) is 30.9 Å². The molecule has 0 fully saturated rings. The minimum absolute atomic E-state index is 0.196. The molecule has 0 radical (unpaired) electrons. The summed E-state index contributed by atoms with van der Waals surface area (Å²) in [7, 11) is 1.55. The topological polar surface area (TPSA) is 92.3 Å². The van der Waals surface area contributed by atoms with Gasteiger partial charge in [-0.15, -0.1) is 0 Å². The second-order valence-corrected chi connectivity index (χ2v) is 8.14. The highest BCUT2D eigenvalue weighted by Crippen LogP contribution is 2.40. The van der Waals surface area contributed by atoms with Crippen molar-refractivity contribution in [3.63, 3.8) is 0 Å². The number of ether oxygens (including phenoxy) is 3. The largest absolute Gasteiger partial charge is 0.493 e. The number of aromatic nitrogens is 1. The molecule has 0 spiro atoms. The third kappa shape index (κ3) is 4.11. The Labute approximate surface area is 194 Å². The molecule has 33 heavy (non-hydrogen) atoms. The Kier molecular flexibility index (Phi) is 6.50.